The standard InChI is InChI=1S/C20H29N5O/c1-4-16-9-5-6-10-17(16)19(26)24-11-7-8-15(12-24)13-25-14-18(22-23-25)20(2,3)21/h5-6,9-10,14-15H,4,7-8,11-13,21H2,1-3H3/t15-/m1/s1. The van der Waals surface area contributed by atoms with Crippen LogP contribution in [0.15, 0.2) is 30.5 Å². The first-order valence-electron chi connectivity index (χ1n) is 9.45. The van der Waals surface area contributed by atoms with Crippen LogP contribution in [0.4, 0.5) is 0 Å². The van der Waals surface area contributed by atoms with Crippen LogP contribution in [0.5, 0.6) is 0 Å². The maximum Gasteiger partial charge on any atom is 0.254 e. The van der Waals surface area contributed by atoms with Crippen LogP contribution in [0.1, 0.15) is 55.2 Å². The molecular weight excluding hydrogens is 326 g/mol. The summed E-state index contributed by atoms with van der Waals surface area (Å²) in [5, 5.41) is 8.40. The van der Waals surface area contributed by atoms with Gasteiger partial charge in [-0.2, -0.15) is 0 Å². The minimum absolute atomic E-state index is 0.148. The Morgan fingerprint density at radius 3 is 2.81 bits per heavy atom. The van der Waals surface area contributed by atoms with Crippen LogP contribution in [-0.2, 0) is 18.5 Å². The third-order valence-electron chi connectivity index (χ3n) is 5.08. The molecule has 2 heterocycles. The summed E-state index contributed by atoms with van der Waals surface area (Å²) >= 11 is 0. The molecule has 6 heteroatoms. The molecule has 3 rings (SSSR count). The van der Waals surface area contributed by atoms with Crippen molar-refractivity contribution in [2.24, 2.45) is 11.7 Å². The number of aryl methyl sites for hydroxylation is 1. The Kier molecular flexibility index (Phi) is 5.41. The van der Waals surface area contributed by atoms with E-state index in [0.29, 0.717) is 5.92 Å². The van der Waals surface area contributed by atoms with Crippen molar-refractivity contribution in [3.8, 4) is 0 Å². The van der Waals surface area contributed by atoms with Gasteiger partial charge in [0, 0.05) is 25.2 Å². The van der Waals surface area contributed by atoms with Crippen molar-refractivity contribution in [1.82, 2.24) is 19.9 Å². The second-order valence-corrected chi connectivity index (χ2v) is 7.82. The van der Waals surface area contributed by atoms with Gasteiger partial charge in [-0.05, 0) is 50.7 Å². The molecule has 26 heavy (non-hydrogen) atoms. The molecule has 2 aromatic rings. The average Bonchev–Trinajstić information content (AvgIpc) is 3.10. The Bertz CT molecular complexity index is 762. The molecule has 1 saturated heterocycles. The van der Waals surface area contributed by atoms with Gasteiger partial charge in [-0.25, -0.2) is 0 Å². The lowest BCUT2D eigenvalue weighted by molar-refractivity contribution is 0.0658. The highest BCUT2D eigenvalue weighted by atomic mass is 16.2. The van der Waals surface area contributed by atoms with Gasteiger partial charge in [0.05, 0.1) is 11.7 Å². The number of piperidine rings is 1. The predicted molar refractivity (Wildman–Crippen MR) is 102 cm³/mol. The highest BCUT2D eigenvalue weighted by molar-refractivity contribution is 5.95. The number of nitrogens with zero attached hydrogens (tertiary/aromatic N) is 4. The van der Waals surface area contributed by atoms with E-state index in [-0.39, 0.29) is 5.91 Å². The molecule has 1 aromatic carbocycles. The average molecular weight is 355 g/mol. The Balaban J connectivity index is 1.67. The SMILES string of the molecule is CCc1ccccc1C(=O)N1CCC[C@@H](Cn2cc(C(C)(C)N)nn2)C1. The predicted octanol–water partition coefficient (Wildman–Crippen LogP) is 2.59. The third-order valence-corrected chi connectivity index (χ3v) is 5.08. The largest absolute Gasteiger partial charge is 0.338 e. The van der Waals surface area contributed by atoms with Crippen LogP contribution >= 0.6 is 0 Å². The van der Waals surface area contributed by atoms with Gasteiger partial charge >= 0.3 is 0 Å². The van der Waals surface area contributed by atoms with Crippen molar-refractivity contribution in [2.45, 2.75) is 52.1 Å². The Morgan fingerprint density at radius 1 is 1.35 bits per heavy atom. The molecule has 1 aromatic heterocycles. The van der Waals surface area contributed by atoms with Gasteiger partial charge in [0.25, 0.3) is 5.91 Å². The molecular formula is C20H29N5O. The molecule has 1 fully saturated rings. The Hall–Kier alpha value is -2.21. The number of hydrogen-bond donors (Lipinski definition) is 1. The molecule has 1 amide bonds. The summed E-state index contributed by atoms with van der Waals surface area (Å²) in [5.41, 5.74) is 8.34. The zero-order valence-corrected chi connectivity index (χ0v) is 16.0. The molecule has 0 spiro atoms. The van der Waals surface area contributed by atoms with Crippen LogP contribution in [0.3, 0.4) is 0 Å². The number of carbonyl (C=O) groups is 1. The number of carbonyl (C=O) groups excluding carboxylic acids is 1. The quantitative estimate of drug-likeness (QED) is 0.894. The summed E-state index contributed by atoms with van der Waals surface area (Å²) in [4.78, 5) is 15.0. The maximum absolute atomic E-state index is 13.0. The number of nitrogens with two attached hydrogens (primary N) is 1. The van der Waals surface area contributed by atoms with Crippen molar-refractivity contribution in [3.63, 3.8) is 0 Å². The summed E-state index contributed by atoms with van der Waals surface area (Å²) in [6.45, 7) is 8.29. The number of likely N-dealkylation sites (tertiary alicyclic amines) is 1. The summed E-state index contributed by atoms with van der Waals surface area (Å²) in [6.07, 6.45) is 4.91. The maximum atomic E-state index is 13.0. The lowest BCUT2D eigenvalue weighted by Gasteiger charge is -2.33. The van der Waals surface area contributed by atoms with Crippen LogP contribution in [0.25, 0.3) is 0 Å². The normalized spacial score (nSPS) is 18.2. The van der Waals surface area contributed by atoms with E-state index in [1.807, 2.05) is 53.9 Å². The number of rotatable bonds is 5. The second-order valence-electron chi connectivity index (χ2n) is 7.82. The molecule has 0 bridgehead atoms. The van der Waals surface area contributed by atoms with Gasteiger partial charge in [-0.1, -0.05) is 30.3 Å². The first-order chi connectivity index (χ1) is 12.4. The van der Waals surface area contributed by atoms with E-state index in [4.69, 9.17) is 5.73 Å². The Labute approximate surface area is 155 Å². The number of aromatic nitrogens is 3. The van der Waals surface area contributed by atoms with Crippen LogP contribution in [0, 0.1) is 5.92 Å². The fourth-order valence-corrected chi connectivity index (χ4v) is 3.55. The molecule has 0 unspecified atom stereocenters. The van der Waals surface area contributed by atoms with E-state index in [1.54, 1.807) is 0 Å². The van der Waals surface area contributed by atoms with Crippen molar-refractivity contribution < 1.29 is 4.79 Å². The highest BCUT2D eigenvalue weighted by Gasteiger charge is 2.26. The summed E-state index contributed by atoms with van der Waals surface area (Å²) < 4.78 is 1.86. The first-order valence-corrected chi connectivity index (χ1v) is 9.45. The lowest BCUT2D eigenvalue weighted by atomic mass is 9.96. The third kappa shape index (κ3) is 4.12. The lowest BCUT2D eigenvalue weighted by Crippen LogP contribution is -2.41. The van der Waals surface area contributed by atoms with Crippen molar-refractivity contribution in [2.75, 3.05) is 13.1 Å². The van der Waals surface area contributed by atoms with Crippen molar-refractivity contribution >= 4 is 5.91 Å². The van der Waals surface area contributed by atoms with Crippen LogP contribution < -0.4 is 5.73 Å². The van der Waals surface area contributed by atoms with Gasteiger partial charge in [0.15, 0.2) is 0 Å². The van der Waals surface area contributed by atoms with E-state index < -0.39 is 5.54 Å². The van der Waals surface area contributed by atoms with Crippen molar-refractivity contribution in [3.05, 3.63) is 47.3 Å². The van der Waals surface area contributed by atoms with E-state index in [2.05, 4.69) is 17.2 Å². The fourth-order valence-electron chi connectivity index (χ4n) is 3.55. The number of amides is 1. The highest BCUT2D eigenvalue weighted by Crippen LogP contribution is 2.22. The van der Waals surface area contributed by atoms with Crippen LogP contribution in [0.2, 0.25) is 0 Å². The molecule has 2 N–H and O–H groups in total. The van der Waals surface area contributed by atoms with Gasteiger partial charge in [-0.3, -0.25) is 9.48 Å². The monoisotopic (exact) mass is 355 g/mol. The van der Waals surface area contributed by atoms with E-state index in [0.717, 1.165) is 55.7 Å². The topological polar surface area (TPSA) is 77.0 Å². The minimum Gasteiger partial charge on any atom is -0.338 e. The minimum atomic E-state index is -0.489. The van der Waals surface area contributed by atoms with Gasteiger partial charge in [0.2, 0.25) is 0 Å². The van der Waals surface area contributed by atoms with E-state index >= 15 is 0 Å². The van der Waals surface area contributed by atoms with Gasteiger partial charge < -0.3 is 10.6 Å². The zero-order valence-electron chi connectivity index (χ0n) is 16.0. The summed E-state index contributed by atoms with van der Waals surface area (Å²) in [7, 11) is 0. The molecule has 140 valence electrons. The zero-order chi connectivity index (χ0) is 18.7. The molecule has 1 aliphatic rings. The molecule has 0 saturated carbocycles. The van der Waals surface area contributed by atoms with Crippen molar-refractivity contribution in [1.29, 1.82) is 0 Å². The second kappa shape index (κ2) is 7.58. The number of benzene rings is 1. The molecule has 0 aliphatic carbocycles. The van der Waals surface area contributed by atoms with Crippen LogP contribution in [-0.4, -0.2) is 38.9 Å². The van der Waals surface area contributed by atoms with E-state index in [1.165, 1.54) is 0 Å². The number of hydrogen-bond acceptors (Lipinski definition) is 4. The molecule has 1 aliphatic heterocycles. The van der Waals surface area contributed by atoms with Gasteiger partial charge in [-0.15, -0.1) is 5.10 Å². The molecule has 0 radical (unpaired) electrons. The van der Waals surface area contributed by atoms with E-state index in [9.17, 15) is 4.79 Å². The molecule has 6 nitrogen and oxygen atoms in total. The molecule has 1 atom stereocenters. The summed E-state index contributed by atoms with van der Waals surface area (Å²) in [5.74, 6) is 0.534. The fraction of sp³-hybridized carbons (Fsp3) is 0.550. The first kappa shape index (κ1) is 18.6. The summed E-state index contributed by atoms with van der Waals surface area (Å²) in [6, 6.07) is 7.92. The Morgan fingerprint density at radius 2 is 2.12 bits per heavy atom. The van der Waals surface area contributed by atoms with Gasteiger partial charge in [0.1, 0.15) is 5.69 Å². The smallest absolute Gasteiger partial charge is 0.254 e.